The van der Waals surface area contributed by atoms with Gasteiger partial charge in [-0.25, -0.2) is 9.97 Å². The number of para-hydroxylation sites is 1. The number of carbonyl (C=O) groups excluding carboxylic acids is 2. The highest BCUT2D eigenvalue weighted by Gasteiger charge is 2.25. The van der Waals surface area contributed by atoms with Gasteiger partial charge >= 0.3 is 0 Å². The third kappa shape index (κ3) is 8.12. The van der Waals surface area contributed by atoms with Gasteiger partial charge in [0.2, 0.25) is 5.91 Å². The Kier molecular flexibility index (Phi) is 10.3. The van der Waals surface area contributed by atoms with Crippen molar-refractivity contribution in [3.63, 3.8) is 0 Å². The molecule has 2 aromatic heterocycles. The lowest BCUT2D eigenvalue weighted by Crippen LogP contribution is -2.40. The van der Waals surface area contributed by atoms with E-state index in [-0.39, 0.29) is 29.9 Å². The molecule has 0 aliphatic heterocycles. The van der Waals surface area contributed by atoms with Gasteiger partial charge in [-0.1, -0.05) is 42.6 Å². The molecule has 4 N–H and O–H groups in total. The summed E-state index contributed by atoms with van der Waals surface area (Å²) in [6, 6.07) is 14.7. The number of carbonyl (C=O) groups is 2. The molecule has 5 rings (SSSR count). The number of ketones is 1. The molecule has 1 aliphatic rings. The third-order valence-corrected chi connectivity index (χ3v) is 8.15. The van der Waals surface area contributed by atoms with Crippen molar-refractivity contribution in [1.82, 2.24) is 20.3 Å². The number of anilines is 1. The van der Waals surface area contributed by atoms with E-state index in [1.807, 2.05) is 30.3 Å². The van der Waals surface area contributed by atoms with E-state index in [0.29, 0.717) is 50.9 Å². The maximum atomic E-state index is 13.7. The van der Waals surface area contributed by atoms with Crippen LogP contribution in [0.3, 0.4) is 0 Å². The van der Waals surface area contributed by atoms with Gasteiger partial charge < -0.3 is 25.5 Å². The summed E-state index contributed by atoms with van der Waals surface area (Å²) >= 11 is 6.56. The molecule has 43 heavy (non-hydrogen) atoms. The monoisotopic (exact) mass is 603 g/mol. The van der Waals surface area contributed by atoms with Gasteiger partial charge in [0.25, 0.3) is 0 Å². The SMILES string of the molecule is CC(O)CCCCCC(=O)N[C@H]1CC[C@@H](Nc2ncnc3[nH]cc(C(=O)c4ccc(Oc5ccccc5)cc4Cl)c23)CC1. The highest BCUT2D eigenvalue weighted by molar-refractivity contribution is 6.35. The number of nitrogens with one attached hydrogen (secondary N) is 3. The molecule has 1 unspecified atom stereocenters. The number of nitrogens with zero attached hydrogens (tertiary/aromatic N) is 2. The number of rotatable bonds is 13. The van der Waals surface area contributed by atoms with Crippen LogP contribution in [0.4, 0.5) is 5.82 Å². The number of H-pyrrole nitrogens is 1. The minimum atomic E-state index is -0.280. The molecule has 10 heteroatoms. The first-order valence-electron chi connectivity index (χ1n) is 15.0. The van der Waals surface area contributed by atoms with Crippen LogP contribution >= 0.6 is 11.6 Å². The van der Waals surface area contributed by atoms with Gasteiger partial charge in [-0.15, -0.1) is 0 Å². The van der Waals surface area contributed by atoms with Crippen LogP contribution < -0.4 is 15.4 Å². The molecule has 1 saturated carbocycles. The van der Waals surface area contributed by atoms with E-state index < -0.39 is 0 Å². The minimum absolute atomic E-state index is 0.0970. The van der Waals surface area contributed by atoms with Gasteiger partial charge in [0.05, 0.1) is 22.1 Å². The van der Waals surface area contributed by atoms with Crippen LogP contribution in [-0.4, -0.2) is 49.9 Å². The maximum absolute atomic E-state index is 13.7. The van der Waals surface area contributed by atoms with E-state index in [2.05, 4.69) is 25.6 Å². The van der Waals surface area contributed by atoms with E-state index in [0.717, 1.165) is 51.4 Å². The van der Waals surface area contributed by atoms with Crippen LogP contribution in [0.5, 0.6) is 11.5 Å². The number of benzene rings is 2. The summed E-state index contributed by atoms with van der Waals surface area (Å²) in [4.78, 5) is 38.0. The van der Waals surface area contributed by atoms with Crippen molar-refractivity contribution in [2.75, 3.05) is 5.32 Å². The number of hydrogen-bond donors (Lipinski definition) is 4. The third-order valence-electron chi connectivity index (χ3n) is 7.84. The average molecular weight is 604 g/mol. The molecule has 1 fully saturated rings. The van der Waals surface area contributed by atoms with Crippen LogP contribution in [0.15, 0.2) is 61.1 Å². The number of aliphatic hydroxyl groups excluding tert-OH is 1. The Hall–Kier alpha value is -3.95. The van der Waals surface area contributed by atoms with Crippen LogP contribution in [0.1, 0.15) is 80.6 Å². The maximum Gasteiger partial charge on any atom is 0.220 e. The summed E-state index contributed by atoms with van der Waals surface area (Å²) < 4.78 is 5.86. The molecule has 0 spiro atoms. The zero-order valence-electron chi connectivity index (χ0n) is 24.3. The Morgan fingerprint density at radius 2 is 1.77 bits per heavy atom. The van der Waals surface area contributed by atoms with E-state index in [1.165, 1.54) is 6.33 Å². The molecule has 1 aliphatic carbocycles. The second-order valence-corrected chi connectivity index (χ2v) is 11.7. The molecule has 9 nitrogen and oxygen atoms in total. The lowest BCUT2D eigenvalue weighted by atomic mass is 9.91. The smallest absolute Gasteiger partial charge is 0.220 e. The summed E-state index contributed by atoms with van der Waals surface area (Å²) in [6.07, 6.45) is 10.3. The molecular weight excluding hydrogens is 566 g/mol. The summed E-state index contributed by atoms with van der Waals surface area (Å²) in [5.41, 5.74) is 1.36. The van der Waals surface area contributed by atoms with Crippen LogP contribution in [0.25, 0.3) is 11.0 Å². The number of ether oxygens (including phenoxy) is 1. The molecule has 2 aromatic carbocycles. The molecule has 1 amide bonds. The van der Waals surface area contributed by atoms with Crippen LogP contribution in [0, 0.1) is 0 Å². The zero-order chi connectivity index (χ0) is 30.2. The number of hydrogen-bond acceptors (Lipinski definition) is 7. The molecule has 226 valence electrons. The predicted octanol–water partition coefficient (Wildman–Crippen LogP) is 6.81. The number of halogens is 1. The van der Waals surface area contributed by atoms with Gasteiger partial charge in [-0.2, -0.15) is 0 Å². The van der Waals surface area contributed by atoms with Crippen molar-refractivity contribution < 1.29 is 19.4 Å². The van der Waals surface area contributed by atoms with Gasteiger partial charge in [0.15, 0.2) is 5.78 Å². The minimum Gasteiger partial charge on any atom is -0.457 e. The standard InChI is InChI=1S/C33H38ClN5O4/c1-21(40)8-4-2-7-11-29(41)38-22-12-14-23(15-13-22)39-33-30-27(19-35-32(30)36-20-37-33)31(42)26-17-16-25(18-28(26)34)43-24-9-5-3-6-10-24/h3,5-6,9-10,16-23,40H,2,4,7-8,11-15H2,1H3,(H,38,41)(H2,35,36,37,39)/t21?,22-,23+. The van der Waals surface area contributed by atoms with Crippen molar-refractivity contribution in [2.45, 2.75) is 82.9 Å². The van der Waals surface area contributed by atoms with Crippen molar-refractivity contribution in [3.05, 3.63) is 77.2 Å². The molecule has 2 heterocycles. The van der Waals surface area contributed by atoms with Crippen molar-refractivity contribution >= 4 is 40.1 Å². The topological polar surface area (TPSA) is 129 Å². The summed E-state index contributed by atoms with van der Waals surface area (Å²) in [7, 11) is 0. The Labute approximate surface area is 256 Å². The van der Waals surface area contributed by atoms with Gasteiger partial charge in [0, 0.05) is 36.3 Å². The second-order valence-electron chi connectivity index (χ2n) is 11.2. The number of unbranched alkanes of at least 4 members (excludes halogenated alkanes) is 2. The quantitative estimate of drug-likeness (QED) is 0.0976. The van der Waals surface area contributed by atoms with Crippen molar-refractivity contribution in [2.24, 2.45) is 0 Å². The lowest BCUT2D eigenvalue weighted by molar-refractivity contribution is -0.122. The Morgan fingerprint density at radius 3 is 2.51 bits per heavy atom. The number of fused-ring (bicyclic) bond motifs is 1. The predicted molar refractivity (Wildman–Crippen MR) is 168 cm³/mol. The summed E-state index contributed by atoms with van der Waals surface area (Å²) in [5, 5.41) is 17.0. The molecule has 0 bridgehead atoms. The largest absolute Gasteiger partial charge is 0.457 e. The Balaban J connectivity index is 1.19. The first-order valence-corrected chi connectivity index (χ1v) is 15.4. The molecule has 0 saturated heterocycles. The van der Waals surface area contributed by atoms with E-state index >= 15 is 0 Å². The van der Waals surface area contributed by atoms with Crippen LogP contribution in [-0.2, 0) is 4.79 Å². The van der Waals surface area contributed by atoms with Crippen LogP contribution in [0.2, 0.25) is 5.02 Å². The average Bonchev–Trinajstić information content (AvgIpc) is 3.43. The highest BCUT2D eigenvalue weighted by atomic mass is 35.5. The Bertz CT molecular complexity index is 1530. The number of amides is 1. The summed E-state index contributed by atoms with van der Waals surface area (Å²) in [6.45, 7) is 1.79. The number of aliphatic hydroxyl groups is 1. The molecule has 0 radical (unpaired) electrons. The molecule has 4 aromatic rings. The number of aromatic amines is 1. The lowest BCUT2D eigenvalue weighted by Gasteiger charge is -2.30. The van der Waals surface area contributed by atoms with Gasteiger partial charge in [-0.05, 0) is 69.7 Å². The van der Waals surface area contributed by atoms with Crippen molar-refractivity contribution in [1.29, 1.82) is 0 Å². The molecule has 1 atom stereocenters. The fourth-order valence-electron chi connectivity index (χ4n) is 5.54. The fraction of sp³-hybridized carbons (Fsp3) is 0.394. The Morgan fingerprint density at radius 1 is 1.00 bits per heavy atom. The van der Waals surface area contributed by atoms with Gasteiger partial charge in [0.1, 0.15) is 29.3 Å². The van der Waals surface area contributed by atoms with E-state index in [9.17, 15) is 14.7 Å². The van der Waals surface area contributed by atoms with E-state index in [4.69, 9.17) is 16.3 Å². The van der Waals surface area contributed by atoms with E-state index in [1.54, 1.807) is 31.3 Å². The van der Waals surface area contributed by atoms with Crippen molar-refractivity contribution in [3.8, 4) is 11.5 Å². The summed E-state index contributed by atoms with van der Waals surface area (Å²) in [5.74, 6) is 1.67. The van der Waals surface area contributed by atoms with Gasteiger partial charge in [-0.3, -0.25) is 9.59 Å². The highest BCUT2D eigenvalue weighted by Crippen LogP contribution is 2.32. The fourth-order valence-corrected chi connectivity index (χ4v) is 5.80. The number of aromatic nitrogens is 3. The zero-order valence-corrected chi connectivity index (χ0v) is 25.1. The molecular formula is C33H38ClN5O4. The first kappa shape index (κ1) is 30.5. The second kappa shape index (κ2) is 14.5. The first-order chi connectivity index (χ1) is 20.9. The normalized spacial score (nSPS) is 17.4.